The number of aliphatic imine (C=N–C) groups is 1. The van der Waals surface area contributed by atoms with Crippen LogP contribution in [-0.4, -0.2) is 45.6 Å². The van der Waals surface area contributed by atoms with E-state index in [0.717, 1.165) is 41.1 Å². The lowest BCUT2D eigenvalue weighted by atomic mass is 9.99. The molecule has 1 aromatic heterocycles. The van der Waals surface area contributed by atoms with Crippen LogP contribution in [0, 0.1) is 13.8 Å². The average Bonchev–Trinajstić information content (AvgIpc) is 3.53. The number of thioether (sulfide) groups is 1. The number of aromatic nitrogens is 2. The van der Waals surface area contributed by atoms with E-state index in [9.17, 15) is 27.6 Å². The van der Waals surface area contributed by atoms with E-state index in [2.05, 4.69) is 15.4 Å². The smallest absolute Gasteiger partial charge is 0.306 e. The molecule has 1 saturated heterocycles. The highest BCUT2D eigenvalue weighted by molar-refractivity contribution is 8.15. The van der Waals surface area contributed by atoms with E-state index in [0.29, 0.717) is 33.5 Å². The molecule has 1 aliphatic heterocycles. The fraction of sp³-hybridized carbons (Fsp3) is 0.265. The molecule has 0 saturated carbocycles. The summed E-state index contributed by atoms with van der Waals surface area (Å²) in [7, 11) is 3.21. The molecule has 0 aliphatic carbocycles. The minimum atomic E-state index is -4.50. The lowest BCUT2D eigenvalue weighted by molar-refractivity contribution is -0.137. The van der Waals surface area contributed by atoms with Crippen LogP contribution in [-0.2, 0) is 18.0 Å². The van der Waals surface area contributed by atoms with E-state index in [4.69, 9.17) is 0 Å². The SMILES string of the molecule is Cc1ccc(C(C)C)c(N2C(=O)CS/C2=N\C(=O)Nc2ccc(-c3nn(C)c(N(C)C(=O)c4ccc(C(F)(F)F)cc4)c3C)cc2)c1. The Balaban J connectivity index is 1.32. The van der Waals surface area contributed by atoms with Crippen molar-refractivity contribution in [2.75, 3.05) is 27.9 Å². The van der Waals surface area contributed by atoms with Gasteiger partial charge in [-0.15, -0.1) is 0 Å². The number of nitrogens with zero attached hydrogens (tertiary/aromatic N) is 5. The average molecular weight is 663 g/mol. The van der Waals surface area contributed by atoms with Gasteiger partial charge in [-0.1, -0.05) is 49.9 Å². The maximum Gasteiger partial charge on any atom is 0.416 e. The number of carbonyl (C=O) groups excluding carboxylic acids is 3. The highest BCUT2D eigenvalue weighted by Crippen LogP contribution is 2.35. The molecular formula is C34H33F3N6O3S. The van der Waals surface area contributed by atoms with Crippen LogP contribution >= 0.6 is 11.8 Å². The van der Waals surface area contributed by atoms with Gasteiger partial charge in [-0.05, 0) is 73.4 Å². The van der Waals surface area contributed by atoms with Crippen molar-refractivity contribution in [3.8, 4) is 11.3 Å². The normalized spacial score (nSPS) is 14.3. The van der Waals surface area contributed by atoms with Crippen molar-refractivity contribution in [3.05, 3.63) is 94.5 Å². The third-order valence-electron chi connectivity index (χ3n) is 7.75. The molecule has 3 aromatic carbocycles. The fourth-order valence-electron chi connectivity index (χ4n) is 5.42. The van der Waals surface area contributed by atoms with Crippen molar-refractivity contribution in [1.82, 2.24) is 9.78 Å². The molecule has 5 rings (SSSR count). The zero-order chi connectivity index (χ0) is 34.2. The number of anilines is 3. The molecule has 13 heteroatoms. The number of rotatable bonds is 6. The second-order valence-electron chi connectivity index (χ2n) is 11.5. The van der Waals surface area contributed by atoms with E-state index < -0.39 is 23.7 Å². The summed E-state index contributed by atoms with van der Waals surface area (Å²) in [5.41, 5.74) is 4.43. The molecule has 0 radical (unpaired) electrons. The standard InChI is InChI=1S/C34H33F3N6O3S/c1-19(2)26-16-7-20(3)17-27(26)43-28(44)18-47-33(43)39-32(46)38-25-14-10-22(11-15-25)29-21(4)30(42(6)40-29)41(5)31(45)23-8-12-24(13-9-23)34(35,36)37/h7-17,19H,18H2,1-6H3,(H,38,46)/b39-33-. The number of benzene rings is 3. The molecular weight excluding hydrogens is 629 g/mol. The van der Waals surface area contributed by atoms with Gasteiger partial charge in [-0.3, -0.25) is 24.1 Å². The molecule has 1 N–H and O–H groups in total. The van der Waals surface area contributed by atoms with E-state index in [-0.39, 0.29) is 23.1 Å². The van der Waals surface area contributed by atoms with Gasteiger partial charge in [0, 0.05) is 36.5 Å². The van der Waals surface area contributed by atoms with Crippen LogP contribution in [0.15, 0.2) is 71.7 Å². The molecule has 9 nitrogen and oxygen atoms in total. The molecule has 0 atom stereocenters. The summed E-state index contributed by atoms with van der Waals surface area (Å²) in [6.45, 7) is 7.83. The molecule has 0 spiro atoms. The number of aryl methyl sites for hydroxylation is 2. The van der Waals surface area contributed by atoms with Crippen LogP contribution in [0.2, 0.25) is 0 Å². The number of urea groups is 1. The van der Waals surface area contributed by atoms with Gasteiger partial charge in [0.25, 0.3) is 5.91 Å². The van der Waals surface area contributed by atoms with E-state index >= 15 is 0 Å². The largest absolute Gasteiger partial charge is 0.416 e. The van der Waals surface area contributed by atoms with Gasteiger partial charge in [0.1, 0.15) is 5.82 Å². The lowest BCUT2D eigenvalue weighted by Crippen LogP contribution is -2.31. The topological polar surface area (TPSA) is 99.9 Å². The van der Waals surface area contributed by atoms with E-state index in [1.54, 1.807) is 38.2 Å². The third kappa shape index (κ3) is 6.94. The molecule has 47 heavy (non-hydrogen) atoms. The number of amidine groups is 1. The number of nitrogens with one attached hydrogen (secondary N) is 1. The van der Waals surface area contributed by atoms with Crippen LogP contribution in [0.3, 0.4) is 0 Å². The number of hydrogen-bond donors (Lipinski definition) is 1. The monoisotopic (exact) mass is 662 g/mol. The third-order valence-corrected chi connectivity index (χ3v) is 8.67. The van der Waals surface area contributed by atoms with Crippen molar-refractivity contribution in [1.29, 1.82) is 0 Å². The summed E-state index contributed by atoms with van der Waals surface area (Å²) in [5.74, 6) is 0.189. The Bertz CT molecular complexity index is 1880. The van der Waals surface area contributed by atoms with Gasteiger partial charge in [0.2, 0.25) is 5.91 Å². The summed E-state index contributed by atoms with van der Waals surface area (Å²) < 4.78 is 40.4. The van der Waals surface area contributed by atoms with Gasteiger partial charge in [0.05, 0.1) is 22.7 Å². The number of amides is 4. The Morgan fingerprint density at radius 2 is 1.68 bits per heavy atom. The van der Waals surface area contributed by atoms with Crippen LogP contribution in [0.1, 0.15) is 52.4 Å². The minimum absolute atomic E-state index is 0.106. The van der Waals surface area contributed by atoms with Crippen molar-refractivity contribution < 1.29 is 27.6 Å². The minimum Gasteiger partial charge on any atom is -0.306 e. The Hall–Kier alpha value is -4.91. The molecule has 244 valence electrons. The second-order valence-corrected chi connectivity index (χ2v) is 12.4. The van der Waals surface area contributed by atoms with Gasteiger partial charge in [-0.2, -0.15) is 23.3 Å². The van der Waals surface area contributed by atoms with Crippen LogP contribution in [0.25, 0.3) is 11.3 Å². The van der Waals surface area contributed by atoms with Crippen molar-refractivity contribution in [2.45, 2.75) is 39.8 Å². The lowest BCUT2D eigenvalue weighted by Gasteiger charge is -2.22. The summed E-state index contributed by atoms with van der Waals surface area (Å²) in [6, 6.07) is 16.3. The highest BCUT2D eigenvalue weighted by atomic mass is 32.2. The first-order valence-corrected chi connectivity index (χ1v) is 15.7. The molecule has 1 fully saturated rings. The number of halogens is 3. The fourth-order valence-corrected chi connectivity index (χ4v) is 6.28. The van der Waals surface area contributed by atoms with Gasteiger partial charge >= 0.3 is 12.2 Å². The molecule has 0 unspecified atom stereocenters. The maximum absolute atomic E-state index is 13.1. The summed E-state index contributed by atoms with van der Waals surface area (Å²) in [4.78, 5) is 46.0. The summed E-state index contributed by atoms with van der Waals surface area (Å²) in [6.07, 6.45) is -4.50. The first-order chi connectivity index (χ1) is 22.1. The second kappa shape index (κ2) is 13.1. The molecule has 2 heterocycles. The Labute approximate surface area is 274 Å². The first kappa shape index (κ1) is 33.5. The molecule has 1 aliphatic rings. The van der Waals surface area contributed by atoms with Gasteiger partial charge in [0.15, 0.2) is 5.17 Å². The van der Waals surface area contributed by atoms with Crippen LogP contribution in [0.5, 0.6) is 0 Å². The van der Waals surface area contributed by atoms with Gasteiger partial charge in [-0.25, -0.2) is 4.79 Å². The Kier molecular flexibility index (Phi) is 9.30. The number of carbonyl (C=O) groups is 3. The van der Waals surface area contributed by atoms with Crippen molar-refractivity contribution >= 4 is 52.0 Å². The molecule has 0 bridgehead atoms. The predicted octanol–water partition coefficient (Wildman–Crippen LogP) is 7.79. The van der Waals surface area contributed by atoms with Crippen LogP contribution < -0.4 is 15.1 Å². The van der Waals surface area contributed by atoms with Gasteiger partial charge < -0.3 is 5.32 Å². The summed E-state index contributed by atoms with van der Waals surface area (Å²) >= 11 is 1.21. The number of hydrogen-bond acceptors (Lipinski definition) is 5. The zero-order valence-electron chi connectivity index (χ0n) is 26.6. The first-order valence-electron chi connectivity index (χ1n) is 14.7. The van der Waals surface area contributed by atoms with Crippen molar-refractivity contribution in [2.24, 2.45) is 12.0 Å². The quantitative estimate of drug-likeness (QED) is 0.227. The Morgan fingerprint density at radius 1 is 1.02 bits per heavy atom. The zero-order valence-corrected chi connectivity index (χ0v) is 27.5. The van der Waals surface area contributed by atoms with Crippen molar-refractivity contribution in [3.63, 3.8) is 0 Å². The Morgan fingerprint density at radius 3 is 2.30 bits per heavy atom. The number of alkyl halides is 3. The van der Waals surface area contributed by atoms with E-state index in [1.807, 2.05) is 39.0 Å². The van der Waals surface area contributed by atoms with E-state index in [1.165, 1.54) is 33.3 Å². The predicted molar refractivity (Wildman–Crippen MR) is 179 cm³/mol. The van der Waals surface area contributed by atoms with Crippen LogP contribution in [0.4, 0.5) is 35.2 Å². The highest BCUT2D eigenvalue weighted by Gasteiger charge is 2.33. The molecule has 4 amide bonds. The maximum atomic E-state index is 13.1. The summed E-state index contributed by atoms with van der Waals surface area (Å²) in [5, 5.41) is 7.64. The molecule has 4 aromatic rings.